The zero-order chi connectivity index (χ0) is 16.7. The fourth-order valence-electron chi connectivity index (χ4n) is 2.05. The molecule has 0 aliphatic carbocycles. The molecule has 0 saturated heterocycles. The maximum absolute atomic E-state index is 13.3. The van der Waals surface area contributed by atoms with Crippen molar-refractivity contribution in [1.29, 1.82) is 0 Å². The standard InChI is InChI=1S/C16H20FN3O2S/c1-12-10-15(16(22)18-6-9-23-8-3-7-21)19-20(12)14-5-2-4-13(17)11-14/h2,4-5,10-11,21H,3,6-9H2,1H3,(H,18,22). The summed E-state index contributed by atoms with van der Waals surface area (Å²) in [4.78, 5) is 12.1. The average Bonchev–Trinajstić information content (AvgIpc) is 2.92. The molecule has 0 radical (unpaired) electrons. The van der Waals surface area contributed by atoms with E-state index in [1.54, 1.807) is 34.6 Å². The van der Waals surface area contributed by atoms with Gasteiger partial charge in [0.25, 0.3) is 5.91 Å². The number of benzene rings is 1. The van der Waals surface area contributed by atoms with Gasteiger partial charge in [-0.2, -0.15) is 16.9 Å². The van der Waals surface area contributed by atoms with Crippen molar-refractivity contribution in [3.05, 3.63) is 47.5 Å². The molecule has 1 heterocycles. The maximum Gasteiger partial charge on any atom is 0.271 e. The Morgan fingerprint density at radius 1 is 1.39 bits per heavy atom. The van der Waals surface area contributed by atoms with E-state index in [0.29, 0.717) is 17.9 Å². The van der Waals surface area contributed by atoms with Crippen LogP contribution in [0.2, 0.25) is 0 Å². The number of carbonyl (C=O) groups is 1. The smallest absolute Gasteiger partial charge is 0.271 e. The van der Waals surface area contributed by atoms with Crippen LogP contribution in [0.3, 0.4) is 0 Å². The highest BCUT2D eigenvalue weighted by Gasteiger charge is 2.13. The normalized spacial score (nSPS) is 10.7. The lowest BCUT2D eigenvalue weighted by molar-refractivity contribution is 0.0951. The topological polar surface area (TPSA) is 67.2 Å². The van der Waals surface area contributed by atoms with Gasteiger partial charge in [0.2, 0.25) is 0 Å². The van der Waals surface area contributed by atoms with Gasteiger partial charge in [0, 0.05) is 24.6 Å². The minimum absolute atomic E-state index is 0.191. The fraction of sp³-hybridized carbons (Fsp3) is 0.375. The Morgan fingerprint density at radius 2 is 2.22 bits per heavy atom. The molecular formula is C16H20FN3O2S. The summed E-state index contributed by atoms with van der Waals surface area (Å²) >= 11 is 1.68. The second-order valence-corrected chi connectivity index (χ2v) is 6.23. The molecule has 7 heteroatoms. The molecule has 2 aromatic rings. The Kier molecular flexibility index (Phi) is 6.61. The summed E-state index contributed by atoms with van der Waals surface area (Å²) in [6, 6.07) is 7.76. The van der Waals surface area contributed by atoms with Gasteiger partial charge in [-0.25, -0.2) is 9.07 Å². The molecule has 1 aromatic heterocycles. The monoisotopic (exact) mass is 337 g/mol. The van der Waals surface area contributed by atoms with Crippen molar-refractivity contribution in [3.63, 3.8) is 0 Å². The molecule has 5 nitrogen and oxygen atoms in total. The Hall–Kier alpha value is -1.86. The van der Waals surface area contributed by atoms with Crippen LogP contribution < -0.4 is 5.32 Å². The number of halogens is 1. The minimum atomic E-state index is -0.344. The van der Waals surface area contributed by atoms with E-state index in [1.807, 2.05) is 6.92 Å². The molecule has 0 spiro atoms. The molecule has 1 amide bonds. The number of carbonyl (C=O) groups excluding carboxylic acids is 1. The number of nitrogens with one attached hydrogen (secondary N) is 1. The summed E-state index contributed by atoms with van der Waals surface area (Å²) in [5.74, 6) is 1.07. The van der Waals surface area contributed by atoms with Crippen molar-refractivity contribution in [1.82, 2.24) is 15.1 Å². The Bertz CT molecular complexity index is 661. The predicted octanol–water partition coefficient (Wildman–Crippen LogP) is 2.17. The van der Waals surface area contributed by atoms with E-state index < -0.39 is 0 Å². The average molecular weight is 337 g/mol. The highest BCUT2D eigenvalue weighted by molar-refractivity contribution is 7.99. The molecule has 0 saturated carbocycles. The highest BCUT2D eigenvalue weighted by Crippen LogP contribution is 2.13. The number of rotatable bonds is 8. The van der Waals surface area contributed by atoms with E-state index in [2.05, 4.69) is 10.4 Å². The molecular weight excluding hydrogens is 317 g/mol. The number of amides is 1. The van der Waals surface area contributed by atoms with Gasteiger partial charge in [0.1, 0.15) is 5.82 Å². The van der Waals surface area contributed by atoms with Crippen LogP contribution in [0.5, 0.6) is 0 Å². The number of aryl methyl sites for hydroxylation is 1. The van der Waals surface area contributed by atoms with Crippen LogP contribution in [-0.2, 0) is 0 Å². The maximum atomic E-state index is 13.3. The van der Waals surface area contributed by atoms with E-state index in [1.165, 1.54) is 12.1 Å². The van der Waals surface area contributed by atoms with E-state index in [0.717, 1.165) is 23.6 Å². The van der Waals surface area contributed by atoms with E-state index in [9.17, 15) is 9.18 Å². The van der Waals surface area contributed by atoms with Crippen molar-refractivity contribution in [2.24, 2.45) is 0 Å². The summed E-state index contributed by atoms with van der Waals surface area (Å²) in [5, 5.41) is 15.7. The van der Waals surface area contributed by atoms with Crippen LogP contribution >= 0.6 is 11.8 Å². The van der Waals surface area contributed by atoms with Crippen molar-refractivity contribution < 1.29 is 14.3 Å². The van der Waals surface area contributed by atoms with Crippen molar-refractivity contribution in [3.8, 4) is 5.69 Å². The zero-order valence-corrected chi connectivity index (χ0v) is 13.8. The largest absolute Gasteiger partial charge is 0.396 e. The number of thioether (sulfide) groups is 1. The van der Waals surface area contributed by atoms with Gasteiger partial charge >= 0.3 is 0 Å². The Morgan fingerprint density at radius 3 is 2.96 bits per heavy atom. The third-order valence-corrected chi connectivity index (χ3v) is 4.22. The van der Waals surface area contributed by atoms with Gasteiger partial charge in [0.05, 0.1) is 5.69 Å². The van der Waals surface area contributed by atoms with Gasteiger partial charge in [-0.1, -0.05) is 6.07 Å². The van der Waals surface area contributed by atoms with Crippen molar-refractivity contribution in [2.75, 3.05) is 24.7 Å². The quantitative estimate of drug-likeness (QED) is 0.725. The lowest BCUT2D eigenvalue weighted by Crippen LogP contribution is -2.26. The number of hydrogen-bond donors (Lipinski definition) is 2. The van der Waals surface area contributed by atoms with Crippen LogP contribution in [0.4, 0.5) is 4.39 Å². The first-order valence-electron chi connectivity index (χ1n) is 7.41. The molecule has 0 aliphatic heterocycles. The summed E-state index contributed by atoms with van der Waals surface area (Å²) in [5.41, 5.74) is 1.66. The van der Waals surface area contributed by atoms with E-state index in [-0.39, 0.29) is 18.3 Å². The third kappa shape index (κ3) is 5.07. The van der Waals surface area contributed by atoms with Crippen LogP contribution in [0.25, 0.3) is 5.69 Å². The first kappa shape index (κ1) is 17.5. The third-order valence-electron chi connectivity index (χ3n) is 3.15. The summed E-state index contributed by atoms with van der Waals surface area (Å²) in [6.07, 6.45) is 0.760. The lowest BCUT2D eigenvalue weighted by atomic mass is 10.3. The van der Waals surface area contributed by atoms with Crippen LogP contribution in [-0.4, -0.2) is 45.5 Å². The van der Waals surface area contributed by atoms with Gasteiger partial charge in [-0.3, -0.25) is 4.79 Å². The molecule has 1 aromatic carbocycles. The van der Waals surface area contributed by atoms with Crippen molar-refractivity contribution >= 4 is 17.7 Å². The molecule has 2 rings (SSSR count). The summed E-state index contributed by atoms with van der Waals surface area (Å²) in [6.45, 7) is 2.55. The second kappa shape index (κ2) is 8.69. The molecule has 2 N–H and O–H groups in total. The van der Waals surface area contributed by atoms with E-state index in [4.69, 9.17) is 5.11 Å². The van der Waals surface area contributed by atoms with Gasteiger partial charge in [-0.05, 0) is 43.4 Å². The van der Waals surface area contributed by atoms with Gasteiger partial charge in [-0.15, -0.1) is 0 Å². The molecule has 0 atom stereocenters. The number of aliphatic hydroxyl groups excluding tert-OH is 1. The number of aromatic nitrogens is 2. The molecule has 0 fully saturated rings. The Labute approximate surface area is 138 Å². The van der Waals surface area contributed by atoms with Crippen molar-refractivity contribution in [2.45, 2.75) is 13.3 Å². The van der Waals surface area contributed by atoms with Gasteiger partial charge < -0.3 is 10.4 Å². The first-order chi connectivity index (χ1) is 11.1. The highest BCUT2D eigenvalue weighted by atomic mass is 32.2. The molecule has 124 valence electrons. The second-order valence-electron chi connectivity index (χ2n) is 5.01. The van der Waals surface area contributed by atoms with Crippen LogP contribution in [0.15, 0.2) is 30.3 Å². The molecule has 0 unspecified atom stereocenters. The fourth-order valence-corrected chi connectivity index (χ4v) is 2.83. The molecule has 0 aliphatic rings. The minimum Gasteiger partial charge on any atom is -0.396 e. The number of aliphatic hydroxyl groups is 1. The van der Waals surface area contributed by atoms with E-state index >= 15 is 0 Å². The van der Waals surface area contributed by atoms with Crippen LogP contribution in [0.1, 0.15) is 22.6 Å². The summed E-state index contributed by atoms with van der Waals surface area (Å²) in [7, 11) is 0. The number of nitrogens with zero attached hydrogens (tertiary/aromatic N) is 2. The Balaban J connectivity index is 1.93. The SMILES string of the molecule is Cc1cc(C(=O)NCCSCCCO)nn1-c1cccc(F)c1. The van der Waals surface area contributed by atoms with Crippen LogP contribution in [0, 0.1) is 12.7 Å². The first-order valence-corrected chi connectivity index (χ1v) is 8.56. The number of hydrogen-bond acceptors (Lipinski definition) is 4. The summed E-state index contributed by atoms with van der Waals surface area (Å²) < 4.78 is 14.9. The van der Waals surface area contributed by atoms with Gasteiger partial charge in [0.15, 0.2) is 5.69 Å². The molecule has 0 bridgehead atoms. The zero-order valence-electron chi connectivity index (χ0n) is 13.0. The molecule has 23 heavy (non-hydrogen) atoms. The lowest BCUT2D eigenvalue weighted by Gasteiger charge is -2.04. The predicted molar refractivity (Wildman–Crippen MR) is 89.6 cm³/mol.